The Morgan fingerprint density at radius 2 is 2.24 bits per heavy atom. The van der Waals surface area contributed by atoms with Gasteiger partial charge in [0.1, 0.15) is 0 Å². The first kappa shape index (κ1) is 14.2. The Labute approximate surface area is 124 Å². The molecule has 96 valence electrons. The van der Waals surface area contributed by atoms with Crippen LogP contribution in [0.1, 0.15) is 24.9 Å². The highest BCUT2D eigenvalue weighted by Crippen LogP contribution is 2.42. The van der Waals surface area contributed by atoms with Crippen molar-refractivity contribution in [3.05, 3.63) is 20.8 Å². The first-order valence-electron chi connectivity index (χ1n) is 5.68. The molecule has 1 aliphatic rings. The molecule has 3 N–H and O–H groups in total. The first-order chi connectivity index (χ1) is 8.27. The fraction of sp³-hybridized carbons (Fsp3) is 0.636. The van der Waals surface area contributed by atoms with Crippen LogP contribution in [0, 0.1) is 0 Å². The number of thioether (sulfide) groups is 2. The third-order valence-corrected chi connectivity index (χ3v) is 8.08. The molecule has 1 fully saturated rings. The number of hydrogen-bond acceptors (Lipinski definition) is 5. The zero-order valence-corrected chi connectivity index (χ0v) is 13.7. The van der Waals surface area contributed by atoms with Crippen molar-refractivity contribution in [2.45, 2.75) is 29.9 Å². The molecule has 6 heteroatoms. The third kappa shape index (κ3) is 3.22. The van der Waals surface area contributed by atoms with E-state index in [2.05, 4.69) is 62.6 Å². The molecule has 1 aromatic heterocycles. The van der Waals surface area contributed by atoms with E-state index < -0.39 is 0 Å². The van der Waals surface area contributed by atoms with E-state index in [1.54, 1.807) is 11.3 Å². The highest BCUT2D eigenvalue weighted by molar-refractivity contribution is 9.10. The van der Waals surface area contributed by atoms with Crippen LogP contribution in [0.15, 0.2) is 15.2 Å². The lowest BCUT2D eigenvalue weighted by molar-refractivity contribution is 0.513. The Morgan fingerprint density at radius 3 is 2.82 bits per heavy atom. The van der Waals surface area contributed by atoms with Gasteiger partial charge in [-0.05, 0) is 33.3 Å². The Kier molecular flexibility index (Phi) is 5.70. The number of nitrogens with one attached hydrogen (secondary N) is 1. The number of thiophene rings is 1. The van der Waals surface area contributed by atoms with Crippen molar-refractivity contribution in [2.75, 3.05) is 11.5 Å². The summed E-state index contributed by atoms with van der Waals surface area (Å²) < 4.78 is 1.18. The highest BCUT2D eigenvalue weighted by Gasteiger charge is 2.33. The Morgan fingerprint density at radius 1 is 1.47 bits per heavy atom. The molecule has 2 rings (SSSR count). The topological polar surface area (TPSA) is 38.0 Å². The summed E-state index contributed by atoms with van der Waals surface area (Å²) >= 11 is 9.49. The van der Waals surface area contributed by atoms with Gasteiger partial charge in [-0.15, -0.1) is 0 Å². The molecular weight excluding hydrogens is 336 g/mol. The van der Waals surface area contributed by atoms with Gasteiger partial charge in [-0.25, -0.2) is 0 Å². The minimum atomic E-state index is 0.248. The molecule has 0 amide bonds. The van der Waals surface area contributed by atoms with Gasteiger partial charge in [-0.3, -0.25) is 11.3 Å². The van der Waals surface area contributed by atoms with Gasteiger partial charge in [-0.2, -0.15) is 34.9 Å². The highest BCUT2D eigenvalue weighted by atomic mass is 79.9. The van der Waals surface area contributed by atoms with Crippen LogP contribution in [-0.2, 0) is 0 Å². The van der Waals surface area contributed by atoms with Gasteiger partial charge in [0.25, 0.3) is 0 Å². The predicted octanol–water partition coefficient (Wildman–Crippen LogP) is 3.64. The zero-order chi connectivity index (χ0) is 12.3. The van der Waals surface area contributed by atoms with Crippen molar-refractivity contribution >= 4 is 50.8 Å². The summed E-state index contributed by atoms with van der Waals surface area (Å²) in [7, 11) is 0. The second-order valence-corrected chi connectivity index (χ2v) is 8.20. The number of nitrogens with two attached hydrogens (primary N) is 1. The number of hydrogen-bond donors (Lipinski definition) is 2. The number of hydrazine groups is 1. The quantitative estimate of drug-likeness (QED) is 0.640. The van der Waals surface area contributed by atoms with Crippen LogP contribution >= 0.6 is 50.8 Å². The van der Waals surface area contributed by atoms with Crippen molar-refractivity contribution in [2.24, 2.45) is 5.84 Å². The van der Waals surface area contributed by atoms with E-state index in [1.807, 2.05) is 0 Å². The summed E-state index contributed by atoms with van der Waals surface area (Å²) in [6, 6.07) is 0.248. The van der Waals surface area contributed by atoms with E-state index >= 15 is 0 Å². The maximum absolute atomic E-state index is 5.79. The monoisotopic (exact) mass is 352 g/mol. The molecule has 0 aromatic carbocycles. The van der Waals surface area contributed by atoms with E-state index in [1.165, 1.54) is 28.0 Å². The molecule has 0 aliphatic carbocycles. The normalized spacial score (nSPS) is 27.0. The largest absolute Gasteiger partial charge is 0.271 e. The summed E-state index contributed by atoms with van der Waals surface area (Å²) in [5, 5.41) is 5.58. The second-order valence-electron chi connectivity index (χ2n) is 3.97. The summed E-state index contributed by atoms with van der Waals surface area (Å²) in [6.07, 6.45) is 1.21. The van der Waals surface area contributed by atoms with Crippen LogP contribution in [0.2, 0.25) is 0 Å². The van der Waals surface area contributed by atoms with Crippen molar-refractivity contribution in [1.29, 1.82) is 0 Å². The lowest BCUT2D eigenvalue weighted by atomic mass is 10.0. The fourth-order valence-corrected chi connectivity index (χ4v) is 6.93. The Balaban J connectivity index is 2.19. The van der Waals surface area contributed by atoms with Crippen LogP contribution in [0.3, 0.4) is 0 Å². The molecule has 1 aromatic rings. The van der Waals surface area contributed by atoms with E-state index in [0.29, 0.717) is 10.5 Å². The zero-order valence-electron chi connectivity index (χ0n) is 9.69. The number of rotatable bonds is 4. The van der Waals surface area contributed by atoms with Crippen molar-refractivity contribution in [1.82, 2.24) is 5.43 Å². The van der Waals surface area contributed by atoms with Crippen molar-refractivity contribution in [3.8, 4) is 0 Å². The molecule has 2 nitrogen and oxygen atoms in total. The average Bonchev–Trinajstić information content (AvgIpc) is 2.78. The van der Waals surface area contributed by atoms with Crippen LogP contribution in [-0.4, -0.2) is 22.0 Å². The SMILES string of the molecule is CCC1SCCSC1C(NN)c1cscc1Br. The smallest absolute Gasteiger partial charge is 0.0608 e. The molecule has 0 spiro atoms. The minimum Gasteiger partial charge on any atom is -0.271 e. The van der Waals surface area contributed by atoms with E-state index in [9.17, 15) is 0 Å². The van der Waals surface area contributed by atoms with E-state index in [4.69, 9.17) is 5.84 Å². The van der Waals surface area contributed by atoms with Gasteiger partial charge in [0.05, 0.1) is 6.04 Å². The fourth-order valence-electron chi connectivity index (χ4n) is 2.12. The maximum atomic E-state index is 5.79. The molecule has 3 unspecified atom stereocenters. The van der Waals surface area contributed by atoms with Crippen molar-refractivity contribution in [3.63, 3.8) is 0 Å². The average molecular weight is 353 g/mol. The number of halogens is 1. The van der Waals surface area contributed by atoms with Gasteiger partial charge in [-0.1, -0.05) is 6.92 Å². The first-order valence-corrected chi connectivity index (χ1v) is 9.52. The third-order valence-electron chi connectivity index (χ3n) is 2.98. The molecule has 0 saturated carbocycles. The second kappa shape index (κ2) is 6.82. The summed E-state index contributed by atoms with van der Waals surface area (Å²) in [6.45, 7) is 2.27. The summed E-state index contributed by atoms with van der Waals surface area (Å²) in [4.78, 5) is 0. The molecule has 17 heavy (non-hydrogen) atoms. The molecule has 0 radical (unpaired) electrons. The summed E-state index contributed by atoms with van der Waals surface area (Å²) in [5.41, 5.74) is 4.32. The molecule has 0 bridgehead atoms. The molecule has 3 atom stereocenters. The molecular formula is C11H17BrN2S3. The minimum absolute atomic E-state index is 0.248. The Hall–Kier alpha value is 0.800. The molecule has 2 heterocycles. The van der Waals surface area contributed by atoms with Gasteiger partial charge in [0.2, 0.25) is 0 Å². The van der Waals surface area contributed by atoms with Crippen molar-refractivity contribution < 1.29 is 0 Å². The predicted molar refractivity (Wildman–Crippen MR) is 84.9 cm³/mol. The molecule has 1 saturated heterocycles. The van der Waals surface area contributed by atoms with Crippen LogP contribution in [0.4, 0.5) is 0 Å². The van der Waals surface area contributed by atoms with E-state index in [0.717, 1.165) is 0 Å². The standard InChI is InChI=1S/C11H17BrN2S3/c1-2-9-11(17-4-3-16-9)10(14-13)7-5-15-6-8(7)12/h5-6,9-11,14H,2-4,13H2,1H3. The lowest BCUT2D eigenvalue weighted by Gasteiger charge is -2.35. The van der Waals surface area contributed by atoms with Gasteiger partial charge >= 0.3 is 0 Å². The maximum Gasteiger partial charge on any atom is 0.0608 e. The van der Waals surface area contributed by atoms with Gasteiger partial charge in [0, 0.05) is 31.9 Å². The lowest BCUT2D eigenvalue weighted by Crippen LogP contribution is -2.41. The van der Waals surface area contributed by atoms with Crippen LogP contribution in [0.25, 0.3) is 0 Å². The van der Waals surface area contributed by atoms with Gasteiger partial charge < -0.3 is 0 Å². The van der Waals surface area contributed by atoms with Crippen LogP contribution in [0.5, 0.6) is 0 Å². The van der Waals surface area contributed by atoms with E-state index in [-0.39, 0.29) is 6.04 Å². The van der Waals surface area contributed by atoms with Gasteiger partial charge in [0.15, 0.2) is 0 Å². The molecule has 1 aliphatic heterocycles. The summed E-state index contributed by atoms with van der Waals surface area (Å²) in [5.74, 6) is 8.29. The Bertz CT molecular complexity index is 358. The van der Waals surface area contributed by atoms with Crippen LogP contribution < -0.4 is 11.3 Å².